The molecule has 15 nitrogen and oxygen atoms in total. The van der Waals surface area contributed by atoms with Gasteiger partial charge >= 0.3 is 53.3 Å². The van der Waals surface area contributed by atoms with Gasteiger partial charge in [0, 0.05) is 0 Å². The summed E-state index contributed by atoms with van der Waals surface area (Å²) in [6.45, 7) is -0.805. The number of nitrogens with zero attached hydrogens (tertiary/aromatic N) is 1. The minimum atomic E-state index is -3.18. The van der Waals surface area contributed by atoms with Crippen molar-refractivity contribution in [3.05, 3.63) is 0 Å². The lowest BCUT2D eigenvalue weighted by Crippen LogP contribution is -2.74. The van der Waals surface area contributed by atoms with Crippen LogP contribution in [-0.2, 0) is 57.2 Å². The molecule has 5 fully saturated rings. The van der Waals surface area contributed by atoms with Crippen molar-refractivity contribution in [3.8, 4) is 0 Å². The minimum Gasteiger partial charge on any atom is -0.413 e. The van der Waals surface area contributed by atoms with E-state index in [0.29, 0.717) is 0 Å². The van der Waals surface area contributed by atoms with Crippen LogP contribution in [-0.4, -0.2) is 93.2 Å². The molecule has 5 aliphatic heterocycles. The van der Waals surface area contributed by atoms with Crippen LogP contribution in [0.25, 0.3) is 0 Å². The van der Waals surface area contributed by atoms with Gasteiger partial charge in [-0.15, -0.1) is 0 Å². The summed E-state index contributed by atoms with van der Waals surface area (Å²) in [6, 6.07) is 0. The van der Waals surface area contributed by atoms with Crippen molar-refractivity contribution in [1.82, 2.24) is 4.90 Å². The number of carbonyl (C=O) groups is 6. The Kier molecular flexibility index (Phi) is 3.69. The zero-order valence-electron chi connectivity index (χ0n) is 16.3. The van der Waals surface area contributed by atoms with Crippen molar-refractivity contribution in [2.45, 2.75) is 54.4 Å². The number of ether oxygens (including phenoxy) is 6. The Labute approximate surface area is 177 Å². The largest absolute Gasteiger partial charge is 0.433 e. The predicted molar refractivity (Wildman–Crippen MR) is 85.7 cm³/mol. The first-order chi connectivity index (χ1) is 14.8. The topological polar surface area (TPSA) is 201 Å². The molecule has 5 atom stereocenters. The van der Waals surface area contributed by atoms with Gasteiger partial charge in [-0.25, -0.2) is 14.5 Å². The Morgan fingerprint density at radius 1 is 0.656 bits per heavy atom. The highest BCUT2D eigenvalue weighted by atomic mass is 16.9. The molecule has 5 heterocycles. The first-order valence-corrected chi connectivity index (χ1v) is 9.29. The SMILES string of the molecule is CN1CC23OC(=O)CC(O)(CC(=O)OC24OC(=O)CC2(O)CC(=O)OC14OC2=O)C(=O)O3. The van der Waals surface area contributed by atoms with Gasteiger partial charge in [-0.05, 0) is 7.05 Å². The molecule has 15 heteroatoms. The number of esters is 6. The molecule has 2 N–H and O–H groups in total. The van der Waals surface area contributed by atoms with Gasteiger partial charge in [-0.1, -0.05) is 0 Å². The average molecular weight is 457 g/mol. The zero-order valence-corrected chi connectivity index (χ0v) is 16.3. The van der Waals surface area contributed by atoms with Crippen molar-refractivity contribution in [3.63, 3.8) is 0 Å². The molecule has 172 valence electrons. The van der Waals surface area contributed by atoms with Gasteiger partial charge in [-0.3, -0.25) is 19.2 Å². The molecule has 0 aromatic rings. The van der Waals surface area contributed by atoms with Crippen LogP contribution in [0, 0.1) is 0 Å². The molecule has 5 rings (SSSR count). The van der Waals surface area contributed by atoms with Crippen LogP contribution in [0.4, 0.5) is 0 Å². The van der Waals surface area contributed by atoms with E-state index in [9.17, 15) is 39.0 Å². The summed E-state index contributed by atoms with van der Waals surface area (Å²) < 4.78 is 31.5. The van der Waals surface area contributed by atoms with Gasteiger partial charge in [0.2, 0.25) is 0 Å². The highest BCUT2D eigenvalue weighted by Crippen LogP contribution is 2.56. The second-order valence-corrected chi connectivity index (χ2v) is 8.25. The smallest absolute Gasteiger partial charge is 0.413 e. The summed E-state index contributed by atoms with van der Waals surface area (Å²) in [5.74, 6) is -17.3. The molecule has 0 aromatic carbocycles. The van der Waals surface area contributed by atoms with E-state index in [2.05, 4.69) is 0 Å². The van der Waals surface area contributed by atoms with Crippen LogP contribution in [0.15, 0.2) is 0 Å². The fourth-order valence-corrected chi connectivity index (χ4v) is 4.49. The van der Waals surface area contributed by atoms with Crippen molar-refractivity contribution in [1.29, 1.82) is 0 Å². The van der Waals surface area contributed by atoms with Crippen molar-refractivity contribution in [2.75, 3.05) is 13.6 Å². The van der Waals surface area contributed by atoms with Crippen LogP contribution in [0.1, 0.15) is 25.7 Å². The lowest BCUT2D eigenvalue weighted by Gasteiger charge is -2.47. The summed E-state index contributed by atoms with van der Waals surface area (Å²) in [5, 5.41) is 21.1. The molecule has 5 unspecified atom stereocenters. The van der Waals surface area contributed by atoms with Crippen LogP contribution >= 0.6 is 0 Å². The third-order valence-corrected chi connectivity index (χ3v) is 5.91. The van der Waals surface area contributed by atoms with Gasteiger partial charge in [0.15, 0.2) is 11.2 Å². The maximum Gasteiger partial charge on any atom is 0.433 e. The van der Waals surface area contributed by atoms with Gasteiger partial charge < -0.3 is 38.6 Å². The average Bonchev–Trinajstić information content (AvgIpc) is 2.69. The zero-order chi connectivity index (χ0) is 23.3. The minimum absolute atomic E-state index is 0.805. The molecule has 0 aliphatic carbocycles. The quantitative estimate of drug-likeness (QED) is 0.266. The number of aliphatic hydroxyl groups is 2. The monoisotopic (exact) mass is 457 g/mol. The molecule has 0 saturated carbocycles. The molecule has 0 amide bonds. The first-order valence-electron chi connectivity index (χ1n) is 9.29. The molecule has 5 aliphatic rings. The molecule has 32 heavy (non-hydrogen) atoms. The first kappa shape index (κ1) is 20.6. The van der Waals surface area contributed by atoms with E-state index in [1.54, 1.807) is 0 Å². The molecule has 0 radical (unpaired) electrons. The van der Waals surface area contributed by atoms with E-state index in [4.69, 9.17) is 28.4 Å². The molecule has 3 spiro atoms. The number of likely N-dealkylation sites (N-methyl/N-ethyl adjacent to an activating group) is 1. The van der Waals surface area contributed by atoms with Crippen LogP contribution in [0.2, 0.25) is 0 Å². The van der Waals surface area contributed by atoms with Crippen LogP contribution < -0.4 is 0 Å². The van der Waals surface area contributed by atoms with Crippen molar-refractivity contribution in [2.24, 2.45) is 0 Å². The summed E-state index contributed by atoms with van der Waals surface area (Å²) in [6.07, 6.45) is -4.31. The third kappa shape index (κ3) is 2.29. The van der Waals surface area contributed by atoms with E-state index in [1.165, 1.54) is 0 Å². The number of hydrogen-bond acceptors (Lipinski definition) is 15. The Balaban J connectivity index is 1.82. The van der Waals surface area contributed by atoms with E-state index in [1.807, 2.05) is 0 Å². The third-order valence-electron chi connectivity index (χ3n) is 5.91. The predicted octanol–water partition coefficient (Wildman–Crippen LogP) is -3.69. The molecule has 0 aromatic heterocycles. The van der Waals surface area contributed by atoms with E-state index in [0.717, 1.165) is 11.9 Å². The normalized spacial score (nSPS) is 45.8. The fraction of sp³-hybridized carbons (Fsp3) is 0.647. The van der Waals surface area contributed by atoms with Crippen LogP contribution in [0.3, 0.4) is 0 Å². The molecule has 4 bridgehead atoms. The van der Waals surface area contributed by atoms with Gasteiger partial charge in [0.05, 0.1) is 32.2 Å². The maximum atomic E-state index is 12.8. The van der Waals surface area contributed by atoms with Crippen molar-refractivity contribution >= 4 is 35.8 Å². The fourth-order valence-electron chi connectivity index (χ4n) is 4.49. The standard InChI is InChI=1S/C17H15NO14/c1-18-6-15-16(28-8(20)3-13(25,11(23)31-15)2-7(19)27-15)17(18)30-10(22)5-14(26,12(24)32-17)4-9(21)29-16/h25-26H,2-6H2,1H3. The Morgan fingerprint density at radius 3 is 1.62 bits per heavy atom. The van der Waals surface area contributed by atoms with Crippen LogP contribution in [0.5, 0.6) is 0 Å². The Bertz CT molecular complexity index is 1010. The highest BCUT2D eigenvalue weighted by Gasteiger charge is 2.90. The number of fused-ring (bicyclic) bond motifs is 4. The lowest BCUT2D eigenvalue weighted by molar-refractivity contribution is -0.435. The molecular formula is C17H15NO14. The Morgan fingerprint density at radius 2 is 1.09 bits per heavy atom. The molecule has 5 saturated heterocycles. The van der Waals surface area contributed by atoms with Gasteiger partial charge in [0.25, 0.3) is 0 Å². The number of carbonyl (C=O) groups excluding carboxylic acids is 6. The second kappa shape index (κ2) is 5.73. The van der Waals surface area contributed by atoms with E-state index in [-0.39, 0.29) is 0 Å². The second-order valence-electron chi connectivity index (χ2n) is 8.25. The number of hydrogen-bond donors (Lipinski definition) is 2. The van der Waals surface area contributed by atoms with E-state index >= 15 is 0 Å². The van der Waals surface area contributed by atoms with Crippen molar-refractivity contribution < 1.29 is 67.4 Å². The molecular weight excluding hydrogens is 442 g/mol. The van der Waals surface area contributed by atoms with Gasteiger partial charge in [-0.2, -0.15) is 0 Å². The van der Waals surface area contributed by atoms with E-state index < -0.39 is 96.7 Å². The van der Waals surface area contributed by atoms with Gasteiger partial charge in [0.1, 0.15) is 0 Å². The number of rotatable bonds is 0. The summed E-state index contributed by atoms with van der Waals surface area (Å²) in [4.78, 5) is 76.8. The summed E-state index contributed by atoms with van der Waals surface area (Å²) >= 11 is 0. The highest BCUT2D eigenvalue weighted by molar-refractivity contribution is 5.94. The number of likely N-dealkylation sites (tertiary alicyclic amines) is 1. The maximum absolute atomic E-state index is 12.8. The lowest BCUT2D eigenvalue weighted by atomic mass is 9.94. The Hall–Kier alpha value is -3.30. The summed E-state index contributed by atoms with van der Waals surface area (Å²) in [5.41, 5.74) is -5.32. The summed E-state index contributed by atoms with van der Waals surface area (Å²) in [7, 11) is 1.12.